The summed E-state index contributed by atoms with van der Waals surface area (Å²) in [6, 6.07) is 4.09. The lowest BCUT2D eigenvalue weighted by Gasteiger charge is -2.23. The lowest BCUT2D eigenvalue weighted by molar-refractivity contribution is 0.0927. The van der Waals surface area contributed by atoms with Crippen LogP contribution in [0.2, 0.25) is 0 Å². The van der Waals surface area contributed by atoms with Crippen molar-refractivity contribution in [2.24, 2.45) is 0 Å². The zero-order valence-corrected chi connectivity index (χ0v) is 12.1. The molecule has 1 aliphatic heterocycles. The second-order valence-electron chi connectivity index (χ2n) is 4.75. The first-order valence-electron chi connectivity index (χ1n) is 6.40. The Morgan fingerprint density at radius 2 is 1.95 bits per heavy atom. The van der Waals surface area contributed by atoms with Crippen LogP contribution in [0.5, 0.6) is 0 Å². The predicted octanol–water partition coefficient (Wildman–Crippen LogP) is 1.93. The Morgan fingerprint density at radius 1 is 1.30 bits per heavy atom. The molecule has 2 rings (SSSR count). The second kappa shape index (κ2) is 7.36. The molecule has 0 saturated carbocycles. The maximum absolute atomic E-state index is 13.6. The van der Waals surface area contributed by atoms with Crippen molar-refractivity contribution in [1.82, 2.24) is 10.6 Å². The highest BCUT2D eigenvalue weighted by Crippen LogP contribution is 2.12. The van der Waals surface area contributed by atoms with Crippen LogP contribution in [0.4, 0.5) is 4.39 Å². The topological polar surface area (TPSA) is 58.2 Å². The van der Waals surface area contributed by atoms with E-state index in [1.54, 1.807) is 0 Å². The van der Waals surface area contributed by atoms with Crippen LogP contribution in [0, 0.1) is 5.82 Å². The molecule has 6 heteroatoms. The summed E-state index contributed by atoms with van der Waals surface area (Å²) < 4.78 is 13.6. The van der Waals surface area contributed by atoms with E-state index in [9.17, 15) is 14.0 Å². The molecule has 110 valence electrons. The molecule has 2 N–H and O–H groups in total. The average molecular weight is 301 g/mol. The van der Waals surface area contributed by atoms with Gasteiger partial charge in [-0.2, -0.15) is 0 Å². The van der Waals surface area contributed by atoms with Gasteiger partial charge in [-0.1, -0.05) is 0 Å². The van der Waals surface area contributed by atoms with Crippen LogP contribution in [0.3, 0.4) is 0 Å². The molecule has 0 atom stereocenters. The molecule has 1 aliphatic rings. The van der Waals surface area contributed by atoms with E-state index in [-0.39, 0.29) is 41.3 Å². The number of piperidine rings is 1. The van der Waals surface area contributed by atoms with Gasteiger partial charge in [-0.15, -0.1) is 12.4 Å². The Bertz CT molecular complexity index is 502. The number of halogens is 2. The molecule has 0 unspecified atom stereocenters. The summed E-state index contributed by atoms with van der Waals surface area (Å²) in [6.07, 6.45) is 1.75. The number of benzene rings is 1. The Hall–Kier alpha value is -1.46. The van der Waals surface area contributed by atoms with E-state index >= 15 is 0 Å². The van der Waals surface area contributed by atoms with Crippen LogP contribution in [0.15, 0.2) is 18.2 Å². The van der Waals surface area contributed by atoms with Crippen molar-refractivity contribution >= 4 is 24.1 Å². The lowest BCUT2D eigenvalue weighted by atomic mass is 10.0. The lowest BCUT2D eigenvalue weighted by Crippen LogP contribution is -2.42. The zero-order valence-electron chi connectivity index (χ0n) is 11.2. The number of nitrogens with one attached hydrogen (secondary N) is 2. The third kappa shape index (κ3) is 4.02. The summed E-state index contributed by atoms with van der Waals surface area (Å²) in [5.41, 5.74) is 0.263. The van der Waals surface area contributed by atoms with E-state index in [1.807, 2.05) is 0 Å². The Balaban J connectivity index is 0.00000200. The first kappa shape index (κ1) is 16.6. The van der Waals surface area contributed by atoms with Gasteiger partial charge in [0.15, 0.2) is 5.78 Å². The van der Waals surface area contributed by atoms with Gasteiger partial charge in [0.05, 0.1) is 5.56 Å². The van der Waals surface area contributed by atoms with Crippen molar-refractivity contribution in [3.05, 3.63) is 35.1 Å². The number of ketones is 1. The normalized spacial score (nSPS) is 15.3. The first-order chi connectivity index (χ1) is 9.08. The summed E-state index contributed by atoms with van der Waals surface area (Å²) in [4.78, 5) is 23.1. The molecule has 1 aromatic carbocycles. The van der Waals surface area contributed by atoms with Gasteiger partial charge in [0, 0.05) is 11.6 Å². The Labute approximate surface area is 123 Å². The fraction of sp³-hybridized carbons (Fsp3) is 0.429. The van der Waals surface area contributed by atoms with Gasteiger partial charge in [-0.25, -0.2) is 4.39 Å². The van der Waals surface area contributed by atoms with E-state index in [2.05, 4.69) is 10.6 Å². The van der Waals surface area contributed by atoms with Gasteiger partial charge in [0.25, 0.3) is 5.91 Å². The minimum Gasteiger partial charge on any atom is -0.349 e. The number of Topliss-reactive ketones (excluding diaryl/α,β-unsaturated/α-hetero) is 1. The van der Waals surface area contributed by atoms with E-state index in [4.69, 9.17) is 0 Å². The molecule has 1 heterocycles. The number of carbonyl (C=O) groups is 2. The Morgan fingerprint density at radius 3 is 2.50 bits per heavy atom. The molecule has 1 fully saturated rings. The summed E-state index contributed by atoms with van der Waals surface area (Å²) in [5.74, 6) is -1.28. The molecule has 0 radical (unpaired) electrons. The number of hydrogen-bond donors (Lipinski definition) is 2. The molecule has 0 aromatic heterocycles. The van der Waals surface area contributed by atoms with Crippen LogP contribution in [0.1, 0.15) is 40.5 Å². The van der Waals surface area contributed by atoms with Crippen LogP contribution >= 0.6 is 12.4 Å². The van der Waals surface area contributed by atoms with E-state index in [0.29, 0.717) is 0 Å². The number of rotatable bonds is 3. The number of carbonyl (C=O) groups excluding carboxylic acids is 2. The monoisotopic (exact) mass is 300 g/mol. The smallest absolute Gasteiger partial charge is 0.251 e. The molecule has 0 aliphatic carbocycles. The minimum atomic E-state index is -0.648. The molecular formula is C14H18ClFN2O2. The second-order valence-corrected chi connectivity index (χ2v) is 4.75. The molecule has 1 aromatic rings. The van der Waals surface area contributed by atoms with Crippen LogP contribution in [0.25, 0.3) is 0 Å². The number of hydrogen-bond acceptors (Lipinski definition) is 3. The van der Waals surface area contributed by atoms with Gasteiger partial charge in [-0.05, 0) is 51.1 Å². The van der Waals surface area contributed by atoms with Gasteiger partial charge in [-0.3, -0.25) is 9.59 Å². The molecule has 1 amide bonds. The first-order valence-corrected chi connectivity index (χ1v) is 6.40. The fourth-order valence-corrected chi connectivity index (χ4v) is 2.18. The largest absolute Gasteiger partial charge is 0.349 e. The van der Waals surface area contributed by atoms with Gasteiger partial charge >= 0.3 is 0 Å². The number of amides is 1. The summed E-state index contributed by atoms with van der Waals surface area (Å²) in [5, 5.41) is 6.09. The van der Waals surface area contributed by atoms with Crippen molar-refractivity contribution in [3.8, 4) is 0 Å². The molecule has 4 nitrogen and oxygen atoms in total. The van der Waals surface area contributed by atoms with Gasteiger partial charge in [0.1, 0.15) is 5.82 Å². The maximum Gasteiger partial charge on any atom is 0.251 e. The van der Waals surface area contributed by atoms with Crippen LogP contribution in [-0.4, -0.2) is 30.8 Å². The maximum atomic E-state index is 13.6. The minimum absolute atomic E-state index is 0. The average Bonchev–Trinajstić information content (AvgIpc) is 2.39. The molecular weight excluding hydrogens is 283 g/mol. The van der Waals surface area contributed by atoms with Crippen LogP contribution in [-0.2, 0) is 0 Å². The zero-order chi connectivity index (χ0) is 13.8. The SMILES string of the molecule is CC(=O)c1ccc(C(=O)NC2CCNCC2)cc1F.Cl. The third-order valence-electron chi connectivity index (χ3n) is 3.28. The van der Waals surface area contributed by atoms with E-state index in [1.165, 1.54) is 19.1 Å². The van der Waals surface area contributed by atoms with Crippen molar-refractivity contribution in [3.63, 3.8) is 0 Å². The van der Waals surface area contributed by atoms with E-state index < -0.39 is 5.82 Å². The van der Waals surface area contributed by atoms with Gasteiger partial charge in [0.2, 0.25) is 0 Å². The summed E-state index contributed by atoms with van der Waals surface area (Å²) in [6.45, 7) is 3.05. The van der Waals surface area contributed by atoms with Crippen molar-refractivity contribution in [1.29, 1.82) is 0 Å². The fourth-order valence-electron chi connectivity index (χ4n) is 2.18. The summed E-state index contributed by atoms with van der Waals surface area (Å²) in [7, 11) is 0. The van der Waals surface area contributed by atoms with Crippen molar-refractivity contribution in [2.45, 2.75) is 25.8 Å². The molecule has 0 spiro atoms. The summed E-state index contributed by atoms with van der Waals surface area (Å²) >= 11 is 0. The van der Waals surface area contributed by atoms with Crippen molar-refractivity contribution < 1.29 is 14.0 Å². The van der Waals surface area contributed by atoms with E-state index in [0.717, 1.165) is 32.0 Å². The quantitative estimate of drug-likeness (QED) is 0.839. The standard InChI is InChI=1S/C14H17FN2O2.ClH/c1-9(18)12-3-2-10(8-13(12)15)14(19)17-11-4-6-16-7-5-11;/h2-3,8,11,16H,4-7H2,1H3,(H,17,19);1H. The Kier molecular flexibility index (Phi) is 6.10. The third-order valence-corrected chi connectivity index (χ3v) is 3.28. The molecule has 20 heavy (non-hydrogen) atoms. The molecule has 0 bridgehead atoms. The van der Waals surface area contributed by atoms with Crippen molar-refractivity contribution in [2.75, 3.05) is 13.1 Å². The van der Waals surface area contributed by atoms with Gasteiger partial charge < -0.3 is 10.6 Å². The highest BCUT2D eigenvalue weighted by molar-refractivity contribution is 5.98. The van der Waals surface area contributed by atoms with Crippen LogP contribution < -0.4 is 10.6 Å². The highest BCUT2D eigenvalue weighted by Gasteiger charge is 2.17. The highest BCUT2D eigenvalue weighted by atomic mass is 35.5. The predicted molar refractivity (Wildman–Crippen MR) is 77.0 cm³/mol. The molecule has 1 saturated heterocycles.